The molecule has 1 fully saturated rings. The van der Waals surface area contributed by atoms with Crippen molar-refractivity contribution < 1.29 is 18.8 Å². The zero-order chi connectivity index (χ0) is 21.5. The zero-order valence-corrected chi connectivity index (χ0v) is 18.4. The minimum atomic E-state index is -0.550. The number of furan rings is 1. The number of hydrogen-bond donors (Lipinski definition) is 4. The first-order chi connectivity index (χ1) is 14.4. The van der Waals surface area contributed by atoms with Crippen LogP contribution < -0.4 is 21.5 Å². The molecule has 8 nitrogen and oxygen atoms in total. The van der Waals surface area contributed by atoms with Gasteiger partial charge in [0.15, 0.2) is 15.5 Å². The van der Waals surface area contributed by atoms with Gasteiger partial charge in [0.1, 0.15) is 0 Å². The highest BCUT2D eigenvalue weighted by Crippen LogP contribution is 2.25. The van der Waals surface area contributed by atoms with Crippen molar-refractivity contribution in [3.63, 3.8) is 0 Å². The van der Waals surface area contributed by atoms with E-state index in [0.717, 1.165) is 25.7 Å². The van der Waals surface area contributed by atoms with Gasteiger partial charge in [0.25, 0.3) is 11.8 Å². The SMILES string of the molecule is O=C(NNC(=S)NC(=O)c1ccc(Br)o1)c1ccc(NC(=O)C2CCCCC2)cc1. The van der Waals surface area contributed by atoms with Gasteiger partial charge in [-0.15, -0.1) is 0 Å². The summed E-state index contributed by atoms with van der Waals surface area (Å²) in [5.74, 6) is -0.839. The van der Waals surface area contributed by atoms with E-state index in [1.165, 1.54) is 12.5 Å². The van der Waals surface area contributed by atoms with Gasteiger partial charge in [-0.3, -0.25) is 30.6 Å². The van der Waals surface area contributed by atoms with Gasteiger partial charge >= 0.3 is 0 Å². The molecule has 1 aliphatic carbocycles. The summed E-state index contributed by atoms with van der Waals surface area (Å²) in [5, 5.41) is 5.20. The summed E-state index contributed by atoms with van der Waals surface area (Å²) in [6.45, 7) is 0. The van der Waals surface area contributed by atoms with E-state index >= 15 is 0 Å². The Morgan fingerprint density at radius 3 is 2.27 bits per heavy atom. The van der Waals surface area contributed by atoms with Gasteiger partial charge in [-0.2, -0.15) is 0 Å². The maximum atomic E-state index is 12.3. The lowest BCUT2D eigenvalue weighted by atomic mass is 9.88. The maximum absolute atomic E-state index is 12.3. The van der Waals surface area contributed by atoms with Crippen molar-refractivity contribution in [1.82, 2.24) is 16.2 Å². The Labute approximate surface area is 187 Å². The van der Waals surface area contributed by atoms with Crippen LogP contribution in [0.1, 0.15) is 53.0 Å². The second kappa shape index (κ2) is 10.4. The van der Waals surface area contributed by atoms with Crippen LogP contribution in [0.5, 0.6) is 0 Å². The molecule has 1 aromatic carbocycles. The van der Waals surface area contributed by atoms with Crippen LogP contribution >= 0.6 is 28.1 Å². The first-order valence-corrected chi connectivity index (χ1v) is 10.7. The third-order valence-corrected chi connectivity index (χ3v) is 5.33. The normalized spacial score (nSPS) is 13.9. The fraction of sp³-hybridized carbons (Fsp3) is 0.300. The average Bonchev–Trinajstić information content (AvgIpc) is 3.19. The number of amides is 3. The van der Waals surface area contributed by atoms with Crippen molar-refractivity contribution in [1.29, 1.82) is 0 Å². The summed E-state index contributed by atoms with van der Waals surface area (Å²) in [6, 6.07) is 9.59. The molecular weight excluding hydrogens is 472 g/mol. The highest BCUT2D eigenvalue weighted by Gasteiger charge is 2.21. The van der Waals surface area contributed by atoms with E-state index in [0.29, 0.717) is 15.9 Å². The Morgan fingerprint density at radius 2 is 1.63 bits per heavy atom. The first kappa shape index (κ1) is 22.0. The molecule has 1 aliphatic rings. The Hall–Kier alpha value is -2.72. The van der Waals surface area contributed by atoms with Gasteiger partial charge in [0.2, 0.25) is 5.91 Å². The summed E-state index contributed by atoms with van der Waals surface area (Å²) in [4.78, 5) is 36.5. The summed E-state index contributed by atoms with van der Waals surface area (Å²) in [6.07, 6.45) is 5.21. The molecule has 2 aromatic rings. The van der Waals surface area contributed by atoms with Crippen LogP contribution in [0, 0.1) is 5.92 Å². The van der Waals surface area contributed by atoms with Gasteiger partial charge in [0.05, 0.1) is 0 Å². The van der Waals surface area contributed by atoms with Gasteiger partial charge in [-0.1, -0.05) is 19.3 Å². The monoisotopic (exact) mass is 492 g/mol. The quantitative estimate of drug-likeness (QED) is 0.383. The molecule has 0 aliphatic heterocycles. The van der Waals surface area contributed by atoms with Crippen LogP contribution in [-0.4, -0.2) is 22.8 Å². The van der Waals surface area contributed by atoms with Crippen LogP contribution in [0.25, 0.3) is 0 Å². The van der Waals surface area contributed by atoms with Crippen LogP contribution in [0.3, 0.4) is 0 Å². The largest absolute Gasteiger partial charge is 0.444 e. The van der Waals surface area contributed by atoms with Crippen LogP contribution in [0.2, 0.25) is 0 Å². The summed E-state index contributed by atoms with van der Waals surface area (Å²) in [7, 11) is 0. The van der Waals surface area contributed by atoms with E-state index in [1.54, 1.807) is 30.3 Å². The van der Waals surface area contributed by atoms with Crippen molar-refractivity contribution in [2.75, 3.05) is 5.32 Å². The highest BCUT2D eigenvalue weighted by atomic mass is 79.9. The summed E-state index contributed by atoms with van der Waals surface area (Å²) >= 11 is 8.08. The van der Waals surface area contributed by atoms with E-state index in [-0.39, 0.29) is 22.7 Å². The average molecular weight is 493 g/mol. The van der Waals surface area contributed by atoms with E-state index in [2.05, 4.69) is 37.4 Å². The molecule has 0 atom stereocenters. The molecule has 0 radical (unpaired) electrons. The molecule has 0 spiro atoms. The molecule has 0 bridgehead atoms. The third-order valence-electron chi connectivity index (χ3n) is 4.70. The van der Waals surface area contributed by atoms with Gasteiger partial charge in [0, 0.05) is 17.2 Å². The van der Waals surface area contributed by atoms with Crippen molar-refractivity contribution in [2.24, 2.45) is 5.92 Å². The van der Waals surface area contributed by atoms with Crippen LogP contribution in [0.15, 0.2) is 45.5 Å². The molecule has 30 heavy (non-hydrogen) atoms. The Balaban J connectivity index is 1.45. The number of carbonyl (C=O) groups is 3. The molecule has 3 amide bonds. The first-order valence-electron chi connectivity index (χ1n) is 9.50. The molecular formula is C20H21BrN4O4S. The Kier molecular flexibility index (Phi) is 7.58. The number of hydrazine groups is 1. The minimum Gasteiger partial charge on any atom is -0.444 e. The number of rotatable bonds is 4. The minimum absolute atomic E-state index is 0.0262. The molecule has 0 unspecified atom stereocenters. The predicted molar refractivity (Wildman–Crippen MR) is 119 cm³/mol. The van der Waals surface area contributed by atoms with Crippen LogP contribution in [0.4, 0.5) is 5.69 Å². The highest BCUT2D eigenvalue weighted by molar-refractivity contribution is 9.10. The number of halogens is 1. The molecule has 158 valence electrons. The smallest absolute Gasteiger partial charge is 0.293 e. The molecule has 1 aromatic heterocycles. The van der Waals surface area contributed by atoms with E-state index in [1.807, 2.05) is 0 Å². The standard InChI is InChI=1S/C20H21BrN4O4S/c21-16-11-10-15(29-16)19(28)23-20(30)25-24-18(27)13-6-8-14(9-7-13)22-17(26)12-4-2-1-3-5-12/h6-12H,1-5H2,(H,22,26)(H,24,27)(H2,23,25,28,30). The van der Waals surface area contributed by atoms with Crippen molar-refractivity contribution >= 4 is 56.7 Å². The van der Waals surface area contributed by atoms with Crippen molar-refractivity contribution in [3.8, 4) is 0 Å². The number of anilines is 1. The van der Waals surface area contributed by atoms with E-state index in [9.17, 15) is 14.4 Å². The number of nitrogens with one attached hydrogen (secondary N) is 4. The number of benzene rings is 1. The molecule has 1 heterocycles. The second-order valence-electron chi connectivity index (χ2n) is 6.87. The van der Waals surface area contributed by atoms with E-state index < -0.39 is 11.8 Å². The van der Waals surface area contributed by atoms with E-state index in [4.69, 9.17) is 16.6 Å². The molecule has 4 N–H and O–H groups in total. The molecule has 10 heteroatoms. The number of carbonyl (C=O) groups excluding carboxylic acids is 3. The summed E-state index contributed by atoms with van der Waals surface area (Å²) < 4.78 is 5.53. The maximum Gasteiger partial charge on any atom is 0.293 e. The lowest BCUT2D eigenvalue weighted by Crippen LogP contribution is -2.48. The van der Waals surface area contributed by atoms with Gasteiger partial charge < -0.3 is 9.73 Å². The second-order valence-corrected chi connectivity index (χ2v) is 8.06. The third kappa shape index (κ3) is 6.14. The molecule has 0 saturated heterocycles. The van der Waals surface area contributed by atoms with Crippen molar-refractivity contribution in [2.45, 2.75) is 32.1 Å². The van der Waals surface area contributed by atoms with Crippen molar-refractivity contribution in [3.05, 3.63) is 52.4 Å². The number of thiocarbonyl (C=S) groups is 1. The lowest BCUT2D eigenvalue weighted by molar-refractivity contribution is -0.120. The lowest BCUT2D eigenvalue weighted by Gasteiger charge is -2.20. The number of hydrogen-bond acceptors (Lipinski definition) is 5. The molecule has 1 saturated carbocycles. The zero-order valence-electron chi connectivity index (χ0n) is 16.0. The van der Waals surface area contributed by atoms with Gasteiger partial charge in [-0.05, 0) is 77.4 Å². The van der Waals surface area contributed by atoms with Gasteiger partial charge in [-0.25, -0.2) is 0 Å². The molecule has 3 rings (SSSR count). The topological polar surface area (TPSA) is 112 Å². The Bertz CT molecular complexity index is 939. The predicted octanol–water partition coefficient (Wildman–Crippen LogP) is 3.51. The van der Waals surface area contributed by atoms with Crippen LogP contribution in [-0.2, 0) is 4.79 Å². The Morgan fingerprint density at radius 1 is 0.933 bits per heavy atom. The summed E-state index contributed by atoms with van der Waals surface area (Å²) in [5.41, 5.74) is 5.86. The fourth-order valence-corrected chi connectivity index (χ4v) is 3.58. The fourth-order valence-electron chi connectivity index (χ4n) is 3.13.